The number of allylic oxidation sites excluding steroid dienone is 5. The summed E-state index contributed by atoms with van der Waals surface area (Å²) in [7, 11) is 2.14. The van der Waals surface area contributed by atoms with Crippen molar-refractivity contribution in [1.29, 1.82) is 0 Å². The fourth-order valence-electron chi connectivity index (χ4n) is 4.57. The van der Waals surface area contributed by atoms with Crippen LogP contribution >= 0.6 is 0 Å². The van der Waals surface area contributed by atoms with Gasteiger partial charge >= 0.3 is 0 Å². The van der Waals surface area contributed by atoms with Gasteiger partial charge in [0.25, 0.3) is 0 Å². The van der Waals surface area contributed by atoms with Crippen LogP contribution in [0.15, 0.2) is 103 Å². The van der Waals surface area contributed by atoms with Crippen LogP contribution in [0.5, 0.6) is 0 Å². The van der Waals surface area contributed by atoms with Crippen LogP contribution in [0.2, 0.25) is 0 Å². The van der Waals surface area contributed by atoms with E-state index >= 15 is 0 Å². The lowest BCUT2D eigenvalue weighted by Crippen LogP contribution is -3.00. The minimum absolute atomic E-state index is 0. The molecule has 1 amide bonds. The van der Waals surface area contributed by atoms with Gasteiger partial charge in [-0.05, 0) is 48.9 Å². The lowest BCUT2D eigenvalue weighted by molar-refractivity contribution is -0.401. The van der Waals surface area contributed by atoms with E-state index < -0.39 is 0 Å². The molecule has 168 valence electrons. The van der Waals surface area contributed by atoms with Crippen molar-refractivity contribution in [3.05, 3.63) is 109 Å². The molecule has 0 bridgehead atoms. The molecular formula is C29H29IN2O. The van der Waals surface area contributed by atoms with E-state index in [1.165, 1.54) is 27.7 Å². The van der Waals surface area contributed by atoms with Crippen molar-refractivity contribution in [2.45, 2.75) is 26.2 Å². The van der Waals surface area contributed by atoms with Gasteiger partial charge in [0.15, 0.2) is 5.71 Å². The van der Waals surface area contributed by atoms with Crippen LogP contribution in [-0.4, -0.2) is 23.2 Å². The standard InChI is InChI=1S/C29H29N2O.HI/c1-22(32)31(24-15-8-7-9-16-24)21-13-6-5-10-18-27-29(2,3)28-25-17-12-11-14-23(25)19-20-26(28)30(27)4;/h5-21H,1-4H3;1H/q+1;/p-1. The first-order valence-corrected chi connectivity index (χ1v) is 10.9. The van der Waals surface area contributed by atoms with Gasteiger partial charge in [0.05, 0.1) is 5.41 Å². The maximum absolute atomic E-state index is 12.0. The average molecular weight is 548 g/mol. The van der Waals surface area contributed by atoms with Gasteiger partial charge in [-0.2, -0.15) is 4.58 Å². The van der Waals surface area contributed by atoms with E-state index in [0.717, 1.165) is 5.69 Å². The predicted octanol–water partition coefficient (Wildman–Crippen LogP) is 3.53. The van der Waals surface area contributed by atoms with Crippen LogP contribution < -0.4 is 28.9 Å². The Labute approximate surface area is 213 Å². The zero-order valence-electron chi connectivity index (χ0n) is 19.5. The van der Waals surface area contributed by atoms with Crippen molar-refractivity contribution in [2.75, 3.05) is 11.9 Å². The molecule has 0 aliphatic carbocycles. The summed E-state index contributed by atoms with van der Waals surface area (Å²) in [6, 6.07) is 22.7. The fraction of sp³-hybridized carbons (Fsp3) is 0.172. The SMILES string of the molecule is CC(=O)N(/C=C/C=C/C=C/C1=[N+](C)c2ccc3ccccc3c2C1(C)C)c1ccccc1.[I-]. The van der Waals surface area contributed by atoms with Gasteiger partial charge in [0.1, 0.15) is 7.05 Å². The fourth-order valence-corrected chi connectivity index (χ4v) is 4.57. The second-order valence-electron chi connectivity index (χ2n) is 8.56. The molecule has 4 heteroatoms. The normalized spacial score (nSPS) is 14.9. The van der Waals surface area contributed by atoms with Crippen molar-refractivity contribution >= 4 is 33.8 Å². The van der Waals surface area contributed by atoms with Gasteiger partial charge in [-0.15, -0.1) is 0 Å². The molecule has 3 aromatic carbocycles. The van der Waals surface area contributed by atoms with Gasteiger partial charge in [-0.3, -0.25) is 9.69 Å². The molecule has 0 N–H and O–H groups in total. The van der Waals surface area contributed by atoms with Crippen LogP contribution in [0, 0.1) is 0 Å². The Kier molecular flexibility index (Phi) is 7.69. The second kappa shape index (κ2) is 10.3. The zero-order chi connectivity index (χ0) is 22.7. The van der Waals surface area contributed by atoms with Crippen molar-refractivity contribution < 1.29 is 33.3 Å². The first kappa shape index (κ1) is 24.6. The van der Waals surface area contributed by atoms with Gasteiger partial charge in [0.2, 0.25) is 11.6 Å². The number of amides is 1. The largest absolute Gasteiger partial charge is 1.00 e. The number of nitrogens with zero attached hydrogens (tertiary/aromatic N) is 2. The molecule has 0 fully saturated rings. The summed E-state index contributed by atoms with van der Waals surface area (Å²) in [6.45, 7) is 6.14. The quantitative estimate of drug-likeness (QED) is 0.272. The van der Waals surface area contributed by atoms with Gasteiger partial charge in [0, 0.05) is 36.5 Å². The van der Waals surface area contributed by atoms with Crippen molar-refractivity contribution in [3.8, 4) is 0 Å². The maximum atomic E-state index is 12.0. The lowest BCUT2D eigenvalue weighted by atomic mass is 9.79. The molecule has 0 unspecified atom stereocenters. The average Bonchev–Trinajstić information content (AvgIpc) is 2.99. The number of para-hydroxylation sites is 1. The van der Waals surface area contributed by atoms with Crippen LogP contribution in [0.25, 0.3) is 10.8 Å². The molecule has 0 saturated carbocycles. The number of fused-ring (bicyclic) bond motifs is 3. The number of carbonyl (C=O) groups is 1. The number of benzene rings is 3. The van der Waals surface area contributed by atoms with Crippen LogP contribution in [-0.2, 0) is 10.2 Å². The maximum Gasteiger partial charge on any atom is 0.227 e. The molecule has 0 saturated heterocycles. The highest BCUT2D eigenvalue weighted by Gasteiger charge is 2.43. The molecule has 4 rings (SSSR count). The topological polar surface area (TPSA) is 23.3 Å². The van der Waals surface area contributed by atoms with Gasteiger partial charge < -0.3 is 24.0 Å². The molecule has 0 atom stereocenters. The minimum atomic E-state index is -0.0934. The van der Waals surface area contributed by atoms with E-state index in [9.17, 15) is 4.79 Å². The van der Waals surface area contributed by atoms with E-state index in [1.54, 1.807) is 18.0 Å². The third kappa shape index (κ3) is 4.86. The highest BCUT2D eigenvalue weighted by atomic mass is 127. The predicted molar refractivity (Wildman–Crippen MR) is 135 cm³/mol. The summed E-state index contributed by atoms with van der Waals surface area (Å²) in [5, 5.41) is 2.59. The number of hydrogen-bond donors (Lipinski definition) is 0. The lowest BCUT2D eigenvalue weighted by Gasteiger charge is -2.17. The van der Waals surface area contributed by atoms with Gasteiger partial charge in [-0.1, -0.05) is 60.7 Å². The highest BCUT2D eigenvalue weighted by molar-refractivity contribution is 6.07. The Hall–Kier alpha value is -2.99. The van der Waals surface area contributed by atoms with Crippen molar-refractivity contribution in [1.82, 2.24) is 0 Å². The molecular weight excluding hydrogens is 519 g/mol. The molecule has 0 spiro atoms. The van der Waals surface area contributed by atoms with E-state index in [1.807, 2.05) is 48.6 Å². The first-order chi connectivity index (χ1) is 15.4. The summed E-state index contributed by atoms with van der Waals surface area (Å²) in [4.78, 5) is 13.6. The molecule has 1 aliphatic heterocycles. The first-order valence-electron chi connectivity index (χ1n) is 10.9. The third-order valence-electron chi connectivity index (χ3n) is 6.09. The Morgan fingerprint density at radius 2 is 1.55 bits per heavy atom. The van der Waals surface area contributed by atoms with Crippen molar-refractivity contribution in [2.24, 2.45) is 0 Å². The summed E-state index contributed by atoms with van der Waals surface area (Å²) in [5.41, 5.74) is 4.66. The monoisotopic (exact) mass is 548 g/mol. The highest BCUT2D eigenvalue weighted by Crippen LogP contribution is 2.43. The second-order valence-corrected chi connectivity index (χ2v) is 8.56. The summed E-state index contributed by atoms with van der Waals surface area (Å²) in [5.74, 6) is -0.0220. The van der Waals surface area contributed by atoms with E-state index in [2.05, 4.69) is 74.0 Å². The molecule has 33 heavy (non-hydrogen) atoms. The summed E-state index contributed by atoms with van der Waals surface area (Å²) in [6.07, 6.45) is 11.9. The van der Waals surface area contributed by atoms with Crippen LogP contribution in [0.1, 0.15) is 26.3 Å². The van der Waals surface area contributed by atoms with Gasteiger partial charge in [-0.25, -0.2) is 0 Å². The molecule has 1 aliphatic rings. The molecule has 0 aromatic heterocycles. The number of rotatable bonds is 5. The Morgan fingerprint density at radius 1 is 0.879 bits per heavy atom. The third-order valence-corrected chi connectivity index (χ3v) is 6.09. The smallest absolute Gasteiger partial charge is 0.227 e. The van der Waals surface area contributed by atoms with Crippen LogP contribution in [0.4, 0.5) is 11.4 Å². The number of carbonyl (C=O) groups excluding carboxylic acids is 1. The van der Waals surface area contributed by atoms with Crippen LogP contribution in [0.3, 0.4) is 0 Å². The molecule has 3 nitrogen and oxygen atoms in total. The number of hydrogen-bond acceptors (Lipinski definition) is 1. The Bertz CT molecular complexity index is 1280. The Balaban J connectivity index is 0.00000306. The van der Waals surface area contributed by atoms with E-state index in [0.29, 0.717) is 0 Å². The molecule has 0 radical (unpaired) electrons. The molecule has 1 heterocycles. The number of anilines is 1. The summed E-state index contributed by atoms with van der Waals surface area (Å²) < 4.78 is 2.29. The minimum Gasteiger partial charge on any atom is -1.00 e. The zero-order valence-corrected chi connectivity index (χ0v) is 21.7. The molecule has 3 aromatic rings. The van der Waals surface area contributed by atoms with E-state index in [-0.39, 0.29) is 35.3 Å². The van der Waals surface area contributed by atoms with E-state index in [4.69, 9.17) is 0 Å². The Morgan fingerprint density at radius 3 is 2.27 bits per heavy atom. The van der Waals surface area contributed by atoms with Crippen molar-refractivity contribution in [3.63, 3.8) is 0 Å². The summed E-state index contributed by atoms with van der Waals surface area (Å²) >= 11 is 0. The number of halogens is 1.